The van der Waals surface area contributed by atoms with Crippen LogP contribution in [-0.2, 0) is 24.4 Å². The van der Waals surface area contributed by atoms with Crippen LogP contribution < -0.4 is 10.6 Å². The van der Waals surface area contributed by atoms with Crippen LogP contribution in [0.3, 0.4) is 0 Å². The second-order valence-electron chi connectivity index (χ2n) is 10.5. The maximum atomic E-state index is 13.5. The molecule has 1 aliphatic heterocycles. The summed E-state index contributed by atoms with van der Waals surface area (Å²) in [7, 11) is -3.94. The molecule has 2 atom stereocenters. The van der Waals surface area contributed by atoms with E-state index in [1.807, 2.05) is 0 Å². The van der Waals surface area contributed by atoms with Crippen molar-refractivity contribution in [2.24, 2.45) is 11.8 Å². The third-order valence-corrected chi connectivity index (χ3v) is 9.67. The summed E-state index contributed by atoms with van der Waals surface area (Å²) < 4.78 is 27.0. The Hall–Kier alpha value is -3.38. The van der Waals surface area contributed by atoms with E-state index >= 15 is 0 Å². The van der Waals surface area contributed by atoms with Crippen LogP contribution in [0.2, 0.25) is 0 Å². The van der Waals surface area contributed by atoms with E-state index in [1.165, 1.54) is 25.4 Å². The second kappa shape index (κ2) is 11.8. The van der Waals surface area contributed by atoms with Gasteiger partial charge in [-0.05, 0) is 50.2 Å². The van der Waals surface area contributed by atoms with Gasteiger partial charge in [-0.15, -0.1) is 0 Å². The molecule has 1 saturated heterocycles. The van der Waals surface area contributed by atoms with Gasteiger partial charge in [-0.3, -0.25) is 14.4 Å². The van der Waals surface area contributed by atoms with Gasteiger partial charge >= 0.3 is 0 Å². The van der Waals surface area contributed by atoms with Crippen LogP contribution in [0.5, 0.6) is 0 Å². The van der Waals surface area contributed by atoms with Crippen LogP contribution in [-0.4, -0.2) is 64.8 Å². The Labute approximate surface area is 228 Å². The Bertz CT molecular complexity index is 1300. The molecule has 1 aromatic heterocycles. The van der Waals surface area contributed by atoms with Crippen molar-refractivity contribution in [3.63, 3.8) is 0 Å². The molecule has 3 aliphatic rings. The topological polar surface area (TPSA) is 170 Å². The molecule has 39 heavy (non-hydrogen) atoms. The molecule has 2 unspecified atom stereocenters. The number of nitrogens with zero attached hydrogens (tertiary/aromatic N) is 2. The molecule has 3 fully saturated rings. The third kappa shape index (κ3) is 6.11. The van der Waals surface area contributed by atoms with Crippen LogP contribution in [0.1, 0.15) is 58.3 Å². The number of amides is 2. The maximum absolute atomic E-state index is 13.5. The maximum Gasteiger partial charge on any atom is 0.260 e. The number of aliphatic hydroxyl groups is 1. The molecule has 0 spiro atoms. The van der Waals surface area contributed by atoms with Crippen LogP contribution in [0.25, 0.3) is 0 Å². The molecule has 12 heteroatoms. The number of carbonyl (C=O) groups excluding carboxylic acids is 3. The monoisotopic (exact) mass is 557 g/mol. The quantitative estimate of drug-likeness (QED) is 0.216. The van der Waals surface area contributed by atoms with Crippen LogP contribution in [0.4, 0.5) is 0 Å². The lowest BCUT2D eigenvalue weighted by Crippen LogP contribution is -2.51. The fraction of sp³-hybridized carbons (Fsp3) is 0.519. The van der Waals surface area contributed by atoms with E-state index in [1.54, 1.807) is 12.1 Å². The molecule has 2 saturated carbocycles. The molecule has 1 aromatic rings. The molecule has 4 rings (SSSR count). The van der Waals surface area contributed by atoms with Gasteiger partial charge in [-0.25, -0.2) is 13.4 Å². The molecule has 0 bridgehead atoms. The summed E-state index contributed by atoms with van der Waals surface area (Å²) in [6.07, 6.45) is 9.55. The lowest BCUT2D eigenvalue weighted by molar-refractivity contribution is -0.128. The van der Waals surface area contributed by atoms with E-state index in [0.29, 0.717) is 24.7 Å². The summed E-state index contributed by atoms with van der Waals surface area (Å²) in [6, 6.07) is 4.55. The van der Waals surface area contributed by atoms with Gasteiger partial charge < -0.3 is 21.1 Å². The van der Waals surface area contributed by atoms with Crippen LogP contribution in [0, 0.1) is 17.2 Å². The molecule has 11 nitrogen and oxygen atoms in total. The van der Waals surface area contributed by atoms with Crippen molar-refractivity contribution < 1.29 is 27.9 Å². The van der Waals surface area contributed by atoms with Gasteiger partial charge in [0, 0.05) is 30.2 Å². The standard InChI is InChI=1S/C27H35N5O6S/c1-18(28)21(17-33)25(35)31-27(14-22(27)19-8-3-2-4-9-19)26(36)30-15-20-10-7-13-32(16-23(20)34)39(37,38)24-11-5-6-12-29-24/h5-6,11-12,15,17,19,22,28,33H,2-4,7-10,13-14,16H2,1H3,(H,30,36)(H,31,35)/b20-15+,21-17+,28-18?. The predicted molar refractivity (Wildman–Crippen MR) is 143 cm³/mol. The number of hydrogen-bond donors (Lipinski definition) is 4. The van der Waals surface area contributed by atoms with Gasteiger partial charge in [0.2, 0.25) is 5.91 Å². The Morgan fingerprint density at radius 1 is 1.21 bits per heavy atom. The van der Waals surface area contributed by atoms with E-state index in [-0.39, 0.29) is 47.7 Å². The van der Waals surface area contributed by atoms with Gasteiger partial charge in [0.25, 0.3) is 15.9 Å². The van der Waals surface area contributed by atoms with Gasteiger partial charge in [0.1, 0.15) is 5.54 Å². The van der Waals surface area contributed by atoms with Crippen molar-refractivity contribution in [2.45, 2.75) is 68.9 Å². The first kappa shape index (κ1) is 28.6. The molecule has 0 radical (unpaired) electrons. The fourth-order valence-electron chi connectivity index (χ4n) is 5.65. The van der Waals surface area contributed by atoms with Gasteiger partial charge in [-0.1, -0.05) is 38.2 Å². The first-order valence-corrected chi connectivity index (χ1v) is 14.7. The number of aromatic nitrogens is 1. The van der Waals surface area contributed by atoms with E-state index < -0.39 is 33.2 Å². The highest BCUT2D eigenvalue weighted by Gasteiger charge is 2.63. The zero-order valence-electron chi connectivity index (χ0n) is 22.0. The average Bonchev–Trinajstić information content (AvgIpc) is 3.68. The van der Waals surface area contributed by atoms with Crippen molar-refractivity contribution in [2.75, 3.05) is 13.1 Å². The number of pyridine rings is 1. The summed E-state index contributed by atoms with van der Waals surface area (Å²) in [5, 5.41) is 22.6. The van der Waals surface area contributed by atoms with Crippen molar-refractivity contribution in [1.82, 2.24) is 19.9 Å². The second-order valence-corrected chi connectivity index (χ2v) is 12.4. The van der Waals surface area contributed by atoms with E-state index in [2.05, 4.69) is 15.6 Å². The van der Waals surface area contributed by atoms with Crippen molar-refractivity contribution in [3.8, 4) is 0 Å². The number of hydrogen-bond acceptors (Lipinski definition) is 8. The highest BCUT2D eigenvalue weighted by Crippen LogP contribution is 2.53. The lowest BCUT2D eigenvalue weighted by atomic mass is 9.84. The fourth-order valence-corrected chi connectivity index (χ4v) is 7.01. The van der Waals surface area contributed by atoms with Crippen LogP contribution >= 0.6 is 0 Å². The van der Waals surface area contributed by atoms with E-state index in [4.69, 9.17) is 5.41 Å². The zero-order chi connectivity index (χ0) is 28.2. The summed E-state index contributed by atoms with van der Waals surface area (Å²) in [6.45, 7) is 1.15. The number of rotatable bonds is 8. The first-order chi connectivity index (χ1) is 18.6. The molecule has 0 aromatic carbocycles. The highest BCUT2D eigenvalue weighted by molar-refractivity contribution is 7.89. The third-order valence-electron chi connectivity index (χ3n) is 7.90. The van der Waals surface area contributed by atoms with Gasteiger partial charge in [0.05, 0.1) is 18.4 Å². The minimum absolute atomic E-state index is 0.0880. The summed E-state index contributed by atoms with van der Waals surface area (Å²) in [4.78, 5) is 43.3. The number of Topliss-reactive ketones (excluding diaryl/α,β-unsaturated/α-hetero) is 1. The molecule has 210 valence electrons. The molecule has 2 heterocycles. The molecule has 2 aliphatic carbocycles. The summed E-state index contributed by atoms with van der Waals surface area (Å²) in [5.41, 5.74) is -1.26. The van der Waals surface area contributed by atoms with Crippen molar-refractivity contribution in [1.29, 1.82) is 5.41 Å². The highest BCUT2D eigenvalue weighted by atomic mass is 32.2. The largest absolute Gasteiger partial charge is 0.515 e. The normalized spacial score (nSPS) is 26.1. The first-order valence-electron chi connectivity index (χ1n) is 13.3. The molecular formula is C27H35N5O6S. The minimum atomic E-state index is -3.94. The van der Waals surface area contributed by atoms with E-state index in [0.717, 1.165) is 36.4 Å². The van der Waals surface area contributed by atoms with Gasteiger partial charge in [0.15, 0.2) is 10.8 Å². The Morgan fingerprint density at radius 2 is 1.95 bits per heavy atom. The van der Waals surface area contributed by atoms with Gasteiger partial charge in [-0.2, -0.15) is 4.31 Å². The SMILES string of the molecule is CC(=N)/C(=C\O)C(=O)NC1(C(=O)N/C=C2\CCCN(S(=O)(=O)c3ccccn3)CC2=O)CC1C1CCCCC1. The number of ketones is 1. The molecular weight excluding hydrogens is 522 g/mol. The Morgan fingerprint density at radius 3 is 2.59 bits per heavy atom. The lowest BCUT2D eigenvalue weighted by Gasteiger charge is -2.26. The molecule has 4 N–H and O–H groups in total. The Balaban J connectivity index is 1.49. The van der Waals surface area contributed by atoms with Crippen LogP contribution in [0.15, 0.2) is 53.0 Å². The average molecular weight is 558 g/mol. The minimum Gasteiger partial charge on any atom is -0.515 e. The van der Waals surface area contributed by atoms with Crippen molar-refractivity contribution in [3.05, 3.63) is 48.0 Å². The predicted octanol–water partition coefficient (Wildman–Crippen LogP) is 2.37. The van der Waals surface area contributed by atoms with Crippen molar-refractivity contribution >= 4 is 33.3 Å². The smallest absolute Gasteiger partial charge is 0.260 e. The number of carbonyl (C=O) groups is 3. The number of aliphatic hydroxyl groups excluding tert-OH is 1. The molecule has 2 amide bonds. The zero-order valence-corrected chi connectivity index (χ0v) is 22.8. The number of sulfonamides is 1. The number of nitrogens with one attached hydrogen (secondary N) is 3. The summed E-state index contributed by atoms with van der Waals surface area (Å²) >= 11 is 0. The summed E-state index contributed by atoms with van der Waals surface area (Å²) in [5.74, 6) is -1.41. The van der Waals surface area contributed by atoms with E-state index in [9.17, 15) is 27.9 Å². The Kier molecular flexibility index (Phi) is 8.65.